The van der Waals surface area contributed by atoms with E-state index in [1.165, 1.54) is 18.2 Å². The number of hydrogen-bond acceptors (Lipinski definition) is 2. The highest BCUT2D eigenvalue weighted by atomic mass is 79.9. The molecule has 1 aromatic heterocycles. The van der Waals surface area contributed by atoms with Crippen molar-refractivity contribution in [2.24, 2.45) is 0 Å². The van der Waals surface area contributed by atoms with Crippen molar-refractivity contribution in [2.45, 2.75) is 0 Å². The van der Waals surface area contributed by atoms with Crippen molar-refractivity contribution in [3.63, 3.8) is 0 Å². The van der Waals surface area contributed by atoms with E-state index in [0.29, 0.717) is 5.56 Å². The standard InChI is InChI=1S/C10H3BrCl2F2N2/c11-5-3-4(1-2-6(5)14)10-16-8(12)7(15)9(13)17-10/h1-3H. The Kier molecular flexibility index (Phi) is 3.61. The zero-order valence-corrected chi connectivity index (χ0v) is 11.1. The molecule has 88 valence electrons. The Morgan fingerprint density at radius 3 is 2.18 bits per heavy atom. The third-order valence-corrected chi connectivity index (χ3v) is 3.06. The van der Waals surface area contributed by atoms with E-state index < -0.39 is 11.6 Å². The second-order valence-electron chi connectivity index (χ2n) is 3.07. The second kappa shape index (κ2) is 4.84. The first-order chi connectivity index (χ1) is 7.99. The zero-order chi connectivity index (χ0) is 12.6. The topological polar surface area (TPSA) is 25.8 Å². The van der Waals surface area contributed by atoms with Gasteiger partial charge in [-0.25, -0.2) is 18.7 Å². The average molecular weight is 340 g/mol. The first-order valence-corrected chi connectivity index (χ1v) is 5.88. The van der Waals surface area contributed by atoms with E-state index in [9.17, 15) is 8.78 Å². The Balaban J connectivity index is 2.57. The van der Waals surface area contributed by atoms with Crippen LogP contribution in [0, 0.1) is 11.6 Å². The summed E-state index contributed by atoms with van der Waals surface area (Å²) in [6, 6.07) is 4.13. The van der Waals surface area contributed by atoms with Crippen molar-refractivity contribution >= 4 is 39.1 Å². The minimum Gasteiger partial charge on any atom is -0.213 e. The smallest absolute Gasteiger partial charge is 0.197 e. The molecule has 0 aliphatic heterocycles. The van der Waals surface area contributed by atoms with Crippen LogP contribution in [0.2, 0.25) is 10.3 Å². The quantitative estimate of drug-likeness (QED) is 0.715. The maximum absolute atomic E-state index is 13.1. The maximum atomic E-state index is 13.1. The van der Waals surface area contributed by atoms with Crippen LogP contribution in [0.25, 0.3) is 11.4 Å². The summed E-state index contributed by atoms with van der Waals surface area (Å²) in [6.07, 6.45) is 0. The van der Waals surface area contributed by atoms with Crippen molar-refractivity contribution < 1.29 is 8.78 Å². The van der Waals surface area contributed by atoms with Crippen LogP contribution in [0.4, 0.5) is 8.78 Å². The predicted octanol–water partition coefficient (Wildman–Crippen LogP) is 4.49. The SMILES string of the molecule is Fc1ccc(-c2nc(Cl)c(F)c(Cl)n2)cc1Br. The van der Waals surface area contributed by atoms with Gasteiger partial charge in [-0.05, 0) is 34.1 Å². The normalized spacial score (nSPS) is 10.6. The van der Waals surface area contributed by atoms with E-state index in [-0.39, 0.29) is 20.6 Å². The molecule has 1 heterocycles. The molecule has 0 saturated heterocycles. The van der Waals surface area contributed by atoms with Gasteiger partial charge in [0.15, 0.2) is 21.9 Å². The molecule has 0 unspecified atom stereocenters. The fraction of sp³-hybridized carbons (Fsp3) is 0. The Bertz CT molecular complexity index is 570. The molecular formula is C10H3BrCl2F2N2. The van der Waals surface area contributed by atoms with Crippen LogP contribution in [0.5, 0.6) is 0 Å². The number of halogens is 5. The molecule has 7 heteroatoms. The van der Waals surface area contributed by atoms with Crippen LogP contribution in [0.1, 0.15) is 0 Å². The minimum absolute atomic E-state index is 0.127. The molecule has 0 fully saturated rings. The van der Waals surface area contributed by atoms with Gasteiger partial charge in [0.1, 0.15) is 5.82 Å². The molecule has 17 heavy (non-hydrogen) atoms. The molecule has 0 bridgehead atoms. The van der Waals surface area contributed by atoms with Gasteiger partial charge in [0.25, 0.3) is 0 Å². The Labute approximate surface area is 114 Å². The molecule has 0 N–H and O–H groups in total. The molecule has 0 aliphatic rings. The lowest BCUT2D eigenvalue weighted by Gasteiger charge is -2.03. The summed E-state index contributed by atoms with van der Waals surface area (Å²) < 4.78 is 26.4. The number of rotatable bonds is 1. The first kappa shape index (κ1) is 12.7. The Hall–Kier alpha value is -0.780. The average Bonchev–Trinajstić information content (AvgIpc) is 2.29. The molecule has 2 nitrogen and oxygen atoms in total. The van der Waals surface area contributed by atoms with E-state index in [4.69, 9.17) is 23.2 Å². The summed E-state index contributed by atoms with van der Waals surface area (Å²) in [5.74, 6) is -1.17. The minimum atomic E-state index is -0.877. The molecule has 2 rings (SSSR count). The highest BCUT2D eigenvalue weighted by molar-refractivity contribution is 9.10. The van der Waals surface area contributed by atoms with Crippen LogP contribution in [-0.2, 0) is 0 Å². The molecule has 0 radical (unpaired) electrons. The van der Waals surface area contributed by atoms with Crippen LogP contribution >= 0.6 is 39.1 Å². The van der Waals surface area contributed by atoms with Gasteiger partial charge in [0.2, 0.25) is 0 Å². The summed E-state index contributed by atoms with van der Waals surface area (Å²) >= 11 is 14.1. The molecule has 1 aromatic carbocycles. The summed E-state index contributed by atoms with van der Waals surface area (Å²) in [4.78, 5) is 7.45. The monoisotopic (exact) mass is 338 g/mol. The van der Waals surface area contributed by atoms with Gasteiger partial charge in [-0.15, -0.1) is 0 Å². The van der Waals surface area contributed by atoms with Gasteiger partial charge in [0.05, 0.1) is 4.47 Å². The number of aromatic nitrogens is 2. The fourth-order valence-corrected chi connectivity index (χ4v) is 1.92. The van der Waals surface area contributed by atoms with Crippen molar-refractivity contribution in [1.29, 1.82) is 0 Å². The van der Waals surface area contributed by atoms with E-state index in [0.717, 1.165) is 0 Å². The van der Waals surface area contributed by atoms with Crippen LogP contribution < -0.4 is 0 Å². The highest BCUT2D eigenvalue weighted by Gasteiger charge is 2.13. The van der Waals surface area contributed by atoms with Gasteiger partial charge in [-0.3, -0.25) is 0 Å². The lowest BCUT2D eigenvalue weighted by molar-refractivity contribution is 0.615. The number of benzene rings is 1. The Morgan fingerprint density at radius 2 is 1.65 bits per heavy atom. The van der Waals surface area contributed by atoms with Crippen LogP contribution in [0.3, 0.4) is 0 Å². The van der Waals surface area contributed by atoms with E-state index in [1.807, 2.05) is 0 Å². The maximum Gasteiger partial charge on any atom is 0.197 e. The third-order valence-electron chi connectivity index (χ3n) is 1.95. The lowest BCUT2D eigenvalue weighted by atomic mass is 10.2. The van der Waals surface area contributed by atoms with Crippen molar-refractivity contribution in [3.8, 4) is 11.4 Å². The van der Waals surface area contributed by atoms with Crippen molar-refractivity contribution in [2.75, 3.05) is 0 Å². The number of hydrogen-bond donors (Lipinski definition) is 0. The second-order valence-corrected chi connectivity index (χ2v) is 4.64. The van der Waals surface area contributed by atoms with Crippen LogP contribution in [0.15, 0.2) is 22.7 Å². The molecule has 2 aromatic rings. The van der Waals surface area contributed by atoms with Crippen molar-refractivity contribution in [3.05, 3.63) is 44.6 Å². The molecule has 0 saturated carbocycles. The van der Waals surface area contributed by atoms with Crippen molar-refractivity contribution in [1.82, 2.24) is 9.97 Å². The van der Waals surface area contributed by atoms with Crippen LogP contribution in [-0.4, -0.2) is 9.97 Å². The van der Waals surface area contributed by atoms with Gasteiger partial charge < -0.3 is 0 Å². The molecule has 0 atom stereocenters. The van der Waals surface area contributed by atoms with Gasteiger partial charge >= 0.3 is 0 Å². The molecular weight excluding hydrogens is 337 g/mol. The first-order valence-electron chi connectivity index (χ1n) is 4.33. The summed E-state index contributed by atoms with van der Waals surface area (Å²) in [5, 5.41) is -0.749. The summed E-state index contributed by atoms with van der Waals surface area (Å²) in [5.41, 5.74) is 0.474. The van der Waals surface area contributed by atoms with E-state index in [1.54, 1.807) is 0 Å². The summed E-state index contributed by atoms with van der Waals surface area (Å²) in [6.45, 7) is 0. The lowest BCUT2D eigenvalue weighted by Crippen LogP contribution is -1.95. The zero-order valence-electron chi connectivity index (χ0n) is 8.02. The number of nitrogens with zero attached hydrogens (tertiary/aromatic N) is 2. The fourth-order valence-electron chi connectivity index (χ4n) is 1.16. The van der Waals surface area contributed by atoms with E-state index >= 15 is 0 Å². The summed E-state index contributed by atoms with van der Waals surface area (Å²) in [7, 11) is 0. The predicted molar refractivity (Wildman–Crippen MR) is 65.1 cm³/mol. The third kappa shape index (κ3) is 2.56. The van der Waals surface area contributed by atoms with Gasteiger partial charge in [-0.2, -0.15) is 0 Å². The largest absolute Gasteiger partial charge is 0.213 e. The molecule has 0 aliphatic carbocycles. The highest BCUT2D eigenvalue weighted by Crippen LogP contribution is 2.26. The molecule has 0 spiro atoms. The van der Waals surface area contributed by atoms with Gasteiger partial charge in [-0.1, -0.05) is 23.2 Å². The molecule has 0 amide bonds. The Morgan fingerprint density at radius 1 is 1.06 bits per heavy atom. The van der Waals surface area contributed by atoms with E-state index in [2.05, 4.69) is 25.9 Å². The van der Waals surface area contributed by atoms with Gasteiger partial charge in [0, 0.05) is 5.56 Å².